The monoisotopic (exact) mass is 894 g/mol. The van der Waals surface area contributed by atoms with Crippen molar-refractivity contribution in [2.24, 2.45) is 0 Å². The number of carboxylic acid groups (broad SMARTS) is 2. The molecule has 2 aliphatic carbocycles. The number of nitrogens with one attached hydrogen (secondary N) is 4. The number of urea groups is 2. The highest BCUT2D eigenvalue weighted by molar-refractivity contribution is 5.89. The van der Waals surface area contributed by atoms with E-state index in [0.29, 0.717) is 85.6 Å². The van der Waals surface area contributed by atoms with E-state index >= 15 is 0 Å². The van der Waals surface area contributed by atoms with Crippen LogP contribution in [0.5, 0.6) is 23.0 Å². The van der Waals surface area contributed by atoms with E-state index in [1.54, 1.807) is 12.2 Å². The Kier molecular flexibility index (Phi) is 22.3. The van der Waals surface area contributed by atoms with Crippen molar-refractivity contribution in [3.05, 3.63) is 86.0 Å². The van der Waals surface area contributed by atoms with Gasteiger partial charge in [0.2, 0.25) is 0 Å². The number of aliphatic carboxylic acids is 2. The van der Waals surface area contributed by atoms with Crippen molar-refractivity contribution in [2.75, 3.05) is 65.7 Å². The van der Waals surface area contributed by atoms with Crippen LogP contribution in [0, 0.1) is 0 Å². The lowest BCUT2D eigenvalue weighted by Gasteiger charge is -2.34. The Hall–Kier alpha value is -5.82. The summed E-state index contributed by atoms with van der Waals surface area (Å²) >= 11 is 0. The van der Waals surface area contributed by atoms with Crippen molar-refractivity contribution in [1.82, 2.24) is 31.1 Å². The largest absolute Gasteiger partial charge is 0.487 e. The zero-order valence-corrected chi connectivity index (χ0v) is 36.5. The molecule has 2 saturated heterocycles. The Morgan fingerprint density at radius 3 is 1.27 bits per heavy atom. The minimum atomic E-state index is -1.26. The predicted octanol–water partition coefficient (Wildman–Crippen LogP) is 3.55. The lowest BCUT2D eigenvalue weighted by molar-refractivity contribution is -0.134. The number of carbonyl (C=O) groups excluding carboxylic acids is 2. The maximum atomic E-state index is 11.8. The number of rotatable bonds is 22. The number of carbonyl (C=O) groups is 4. The summed E-state index contributed by atoms with van der Waals surface area (Å²) in [6, 6.07) is 16.4. The van der Waals surface area contributed by atoms with Gasteiger partial charge in [-0.15, -0.1) is 0 Å². The normalized spacial score (nSPS) is 21.5. The Balaban J connectivity index is 0.000000240. The van der Waals surface area contributed by atoms with Crippen LogP contribution in [-0.2, 0) is 9.59 Å². The maximum Gasteiger partial charge on any atom is 0.328 e. The van der Waals surface area contributed by atoms with Gasteiger partial charge >= 0.3 is 24.0 Å². The molecule has 0 aromatic heterocycles. The van der Waals surface area contributed by atoms with Gasteiger partial charge in [-0.1, -0.05) is 49.6 Å². The first-order chi connectivity index (χ1) is 31.0. The van der Waals surface area contributed by atoms with Gasteiger partial charge in [-0.25, -0.2) is 19.2 Å². The third-order valence-electron chi connectivity index (χ3n) is 11.0. The number of hydrogen-bond acceptors (Lipinski definition) is 12. The molecular formula is C46H66N6O12. The van der Waals surface area contributed by atoms with Crippen molar-refractivity contribution in [2.45, 2.75) is 87.7 Å². The molecule has 352 valence electrons. The van der Waals surface area contributed by atoms with Crippen LogP contribution in [0.2, 0.25) is 0 Å². The summed E-state index contributed by atoms with van der Waals surface area (Å²) < 4.78 is 22.6. The SMILES string of the molecule is C=CCOc1ccccc1OCC(O)CNC1CCC(N2CCNC2=O)CC1.C=CCOc1ccccc1OCC(O)CNC1CCC(N2CCNC2=O)CC1.O=C(O)/C=C/C(=O)O. The number of amides is 4. The van der Waals surface area contributed by atoms with E-state index in [1.807, 2.05) is 58.3 Å². The Morgan fingerprint density at radius 1 is 0.625 bits per heavy atom. The van der Waals surface area contributed by atoms with Gasteiger partial charge in [0.15, 0.2) is 23.0 Å². The second kappa shape index (κ2) is 28.1. The molecule has 18 nitrogen and oxygen atoms in total. The Labute approximate surface area is 375 Å². The third kappa shape index (κ3) is 18.1. The van der Waals surface area contributed by atoms with Crippen molar-refractivity contribution < 1.29 is 58.6 Å². The molecule has 8 N–H and O–H groups in total. The Bertz CT molecular complexity index is 1670. The summed E-state index contributed by atoms with van der Waals surface area (Å²) in [6.07, 6.45) is 11.4. The molecular weight excluding hydrogens is 829 g/mol. The lowest BCUT2D eigenvalue weighted by atomic mass is 9.90. The van der Waals surface area contributed by atoms with E-state index in [9.17, 15) is 29.4 Å². The zero-order chi connectivity index (χ0) is 46.1. The summed E-state index contributed by atoms with van der Waals surface area (Å²) in [4.78, 5) is 46.6. The number of para-hydroxylation sites is 4. The number of nitrogens with zero attached hydrogens (tertiary/aromatic N) is 2. The van der Waals surface area contributed by atoms with Crippen LogP contribution >= 0.6 is 0 Å². The van der Waals surface area contributed by atoms with Crippen LogP contribution < -0.4 is 40.2 Å². The van der Waals surface area contributed by atoms with Gasteiger partial charge in [-0.05, 0) is 75.6 Å². The Morgan fingerprint density at radius 2 is 0.969 bits per heavy atom. The average molecular weight is 895 g/mol. The van der Waals surface area contributed by atoms with Gasteiger partial charge in [-0.2, -0.15) is 0 Å². The van der Waals surface area contributed by atoms with E-state index in [2.05, 4.69) is 34.4 Å². The fraction of sp³-hybridized carbons (Fsp3) is 0.522. The van der Waals surface area contributed by atoms with Crippen molar-refractivity contribution in [3.63, 3.8) is 0 Å². The molecule has 2 unspecified atom stereocenters. The van der Waals surface area contributed by atoms with E-state index in [4.69, 9.17) is 29.2 Å². The van der Waals surface area contributed by atoms with Crippen molar-refractivity contribution in [3.8, 4) is 23.0 Å². The molecule has 4 fully saturated rings. The van der Waals surface area contributed by atoms with E-state index in [1.165, 1.54) is 0 Å². The topological polar surface area (TPSA) is 241 Å². The van der Waals surface area contributed by atoms with E-state index in [-0.39, 0.29) is 25.3 Å². The minimum absolute atomic E-state index is 0.0707. The highest BCUT2D eigenvalue weighted by Crippen LogP contribution is 2.29. The standard InChI is InChI=1S/2C21H31N3O4.C4H4O4/c2*1-2-13-27-19-5-3-4-6-20(19)28-15-18(25)14-23-16-7-9-17(10-8-16)24-12-11-22-21(24)26;5-3(6)1-2-4(7)8/h2*2-6,16-18,23,25H,1,7-15H2,(H,22,26);1-2H,(H,5,6)(H,7,8)/b;;2-1+. The molecule has 4 aliphatic rings. The molecule has 2 atom stereocenters. The van der Waals surface area contributed by atoms with Crippen LogP contribution in [0.15, 0.2) is 86.0 Å². The highest BCUT2D eigenvalue weighted by atomic mass is 16.5. The van der Waals surface area contributed by atoms with Crippen LogP contribution in [0.3, 0.4) is 0 Å². The number of hydrogen-bond donors (Lipinski definition) is 8. The molecule has 18 heteroatoms. The van der Waals surface area contributed by atoms with Gasteiger partial charge in [0, 0.05) is 75.6 Å². The van der Waals surface area contributed by atoms with Gasteiger partial charge in [0.05, 0.1) is 0 Å². The number of benzene rings is 2. The summed E-state index contributed by atoms with van der Waals surface area (Å²) in [5, 5.41) is 48.8. The maximum absolute atomic E-state index is 11.8. The molecule has 2 aromatic rings. The van der Waals surface area contributed by atoms with Crippen LogP contribution in [-0.4, -0.2) is 156 Å². The number of carboxylic acids is 2. The molecule has 6 rings (SSSR count). The smallest absolute Gasteiger partial charge is 0.328 e. The molecule has 2 aliphatic heterocycles. The zero-order valence-electron chi connectivity index (χ0n) is 36.5. The summed E-state index contributed by atoms with van der Waals surface area (Å²) in [5.41, 5.74) is 0. The van der Waals surface area contributed by atoms with E-state index in [0.717, 1.165) is 77.5 Å². The molecule has 64 heavy (non-hydrogen) atoms. The van der Waals surface area contributed by atoms with Crippen molar-refractivity contribution >= 4 is 24.0 Å². The van der Waals surface area contributed by atoms with Gasteiger partial charge < -0.3 is 70.4 Å². The second-order valence-electron chi connectivity index (χ2n) is 15.7. The second-order valence-corrected chi connectivity index (χ2v) is 15.7. The van der Waals surface area contributed by atoms with Crippen LogP contribution in [0.25, 0.3) is 0 Å². The molecule has 2 heterocycles. The fourth-order valence-electron chi connectivity index (χ4n) is 7.77. The van der Waals surface area contributed by atoms with Gasteiger partial charge in [0.1, 0.15) is 38.6 Å². The molecule has 2 saturated carbocycles. The van der Waals surface area contributed by atoms with Gasteiger partial charge in [-0.3, -0.25) is 0 Å². The van der Waals surface area contributed by atoms with Crippen LogP contribution in [0.1, 0.15) is 51.4 Å². The minimum Gasteiger partial charge on any atom is -0.487 e. The molecule has 0 spiro atoms. The lowest BCUT2D eigenvalue weighted by Crippen LogP contribution is -2.45. The molecule has 0 bridgehead atoms. The first-order valence-corrected chi connectivity index (χ1v) is 21.9. The van der Waals surface area contributed by atoms with E-state index < -0.39 is 24.1 Å². The summed E-state index contributed by atoms with van der Waals surface area (Å²) in [6.45, 7) is 12.6. The van der Waals surface area contributed by atoms with Crippen molar-refractivity contribution in [1.29, 1.82) is 0 Å². The fourth-order valence-corrected chi connectivity index (χ4v) is 7.77. The van der Waals surface area contributed by atoms with Gasteiger partial charge in [0.25, 0.3) is 0 Å². The summed E-state index contributed by atoms with van der Waals surface area (Å²) in [5.74, 6) is 0.0130. The first kappa shape index (κ1) is 50.8. The summed E-state index contributed by atoms with van der Waals surface area (Å²) in [7, 11) is 0. The third-order valence-corrected chi connectivity index (χ3v) is 11.0. The molecule has 2 aromatic carbocycles. The van der Waals surface area contributed by atoms with Crippen LogP contribution in [0.4, 0.5) is 9.59 Å². The highest BCUT2D eigenvalue weighted by Gasteiger charge is 2.32. The number of aliphatic hydroxyl groups is 2. The quantitative estimate of drug-likeness (QED) is 0.0624. The predicted molar refractivity (Wildman–Crippen MR) is 240 cm³/mol. The molecule has 0 radical (unpaired) electrons. The average Bonchev–Trinajstić information content (AvgIpc) is 3.95. The number of ether oxygens (including phenoxy) is 4. The number of aliphatic hydroxyl groups excluding tert-OH is 2. The first-order valence-electron chi connectivity index (χ1n) is 21.9. The molecule has 4 amide bonds.